The fourth-order valence-electron chi connectivity index (χ4n) is 1.61. The van der Waals surface area contributed by atoms with E-state index in [1.807, 2.05) is 36.4 Å². The molecule has 0 atom stereocenters. The minimum absolute atomic E-state index is 0.201. The zero-order valence-electron chi connectivity index (χ0n) is 11.3. The minimum atomic E-state index is -1.08. The number of allylic oxidation sites excluding steroid dienone is 1. The summed E-state index contributed by atoms with van der Waals surface area (Å²) >= 11 is 0. The molecule has 1 rings (SSSR count). The van der Waals surface area contributed by atoms with Crippen LogP contribution in [0.15, 0.2) is 35.9 Å². The first-order chi connectivity index (χ1) is 7.88. The molecule has 0 aromatic heterocycles. The summed E-state index contributed by atoms with van der Waals surface area (Å²) in [6, 6.07) is 11.2. The van der Waals surface area contributed by atoms with Crippen LogP contribution in [0, 0.1) is 0 Å². The van der Waals surface area contributed by atoms with Gasteiger partial charge in [0.15, 0.2) is 5.78 Å². The third-order valence-corrected chi connectivity index (χ3v) is 4.49. The lowest BCUT2D eigenvalue weighted by atomic mass is 10.1. The molecule has 1 nitrogen and oxygen atoms in total. The second-order valence-corrected chi connectivity index (χ2v) is 11.3. The summed E-state index contributed by atoms with van der Waals surface area (Å²) in [7, 11) is -1.08. The van der Waals surface area contributed by atoms with Crippen molar-refractivity contribution in [1.29, 1.82) is 0 Å². The summed E-state index contributed by atoms with van der Waals surface area (Å²) in [5, 5.41) is 0. The fourth-order valence-corrected chi connectivity index (χ4v) is 2.63. The molecule has 92 valence electrons. The van der Waals surface area contributed by atoms with Crippen LogP contribution in [-0.4, -0.2) is 13.9 Å². The van der Waals surface area contributed by atoms with Crippen LogP contribution in [-0.2, 0) is 4.79 Å². The van der Waals surface area contributed by atoms with E-state index >= 15 is 0 Å². The van der Waals surface area contributed by atoms with Gasteiger partial charge in [0.1, 0.15) is 0 Å². The second-order valence-electron chi connectivity index (χ2n) is 5.70. The highest BCUT2D eigenvalue weighted by molar-refractivity contribution is 6.76. The van der Waals surface area contributed by atoms with Crippen LogP contribution in [0.5, 0.6) is 0 Å². The smallest absolute Gasteiger partial charge is 0.155 e. The van der Waals surface area contributed by atoms with Crippen molar-refractivity contribution in [2.24, 2.45) is 0 Å². The summed E-state index contributed by atoms with van der Waals surface area (Å²) in [5.41, 5.74) is 2.08. The maximum Gasteiger partial charge on any atom is 0.155 e. The lowest BCUT2D eigenvalue weighted by molar-refractivity contribution is -0.113. The van der Waals surface area contributed by atoms with Crippen LogP contribution < -0.4 is 0 Å². The standard InChI is InChI=1S/C15H22OSi/c1-13(16)15(10-11-17(2,3)4)12-14-8-6-5-7-9-14/h5-9,12H,10-11H2,1-4H3/b15-12-. The van der Waals surface area contributed by atoms with E-state index in [1.54, 1.807) is 6.92 Å². The Morgan fingerprint density at radius 2 is 1.76 bits per heavy atom. The third kappa shape index (κ3) is 5.64. The molecule has 2 heteroatoms. The summed E-state index contributed by atoms with van der Waals surface area (Å²) in [4.78, 5) is 11.6. The van der Waals surface area contributed by atoms with Crippen molar-refractivity contribution in [2.75, 3.05) is 0 Å². The zero-order chi connectivity index (χ0) is 12.9. The quantitative estimate of drug-likeness (QED) is 0.556. The summed E-state index contributed by atoms with van der Waals surface area (Å²) < 4.78 is 0. The van der Waals surface area contributed by atoms with Gasteiger partial charge in [-0.15, -0.1) is 0 Å². The number of ketones is 1. The first-order valence-electron chi connectivity index (χ1n) is 6.15. The van der Waals surface area contributed by atoms with Gasteiger partial charge in [0.25, 0.3) is 0 Å². The maximum absolute atomic E-state index is 11.6. The Morgan fingerprint density at radius 1 is 1.18 bits per heavy atom. The van der Waals surface area contributed by atoms with E-state index in [-0.39, 0.29) is 5.78 Å². The number of hydrogen-bond acceptors (Lipinski definition) is 1. The molecule has 0 aliphatic carbocycles. The van der Waals surface area contributed by atoms with Crippen molar-refractivity contribution in [3.63, 3.8) is 0 Å². The molecule has 0 spiro atoms. The van der Waals surface area contributed by atoms with E-state index in [4.69, 9.17) is 0 Å². The Labute approximate surface area is 106 Å². The Bertz CT molecular complexity index is 399. The van der Waals surface area contributed by atoms with Crippen LogP contribution in [0.2, 0.25) is 25.7 Å². The van der Waals surface area contributed by atoms with Crippen LogP contribution in [0.4, 0.5) is 0 Å². The van der Waals surface area contributed by atoms with Gasteiger partial charge in [-0.25, -0.2) is 0 Å². The second kappa shape index (κ2) is 5.96. The largest absolute Gasteiger partial charge is 0.295 e. The average Bonchev–Trinajstić information content (AvgIpc) is 2.24. The third-order valence-electron chi connectivity index (χ3n) is 2.74. The molecule has 1 aromatic carbocycles. The van der Waals surface area contributed by atoms with Crippen molar-refractivity contribution < 1.29 is 4.79 Å². The number of benzene rings is 1. The van der Waals surface area contributed by atoms with Gasteiger partial charge >= 0.3 is 0 Å². The predicted molar refractivity (Wildman–Crippen MR) is 77.9 cm³/mol. The van der Waals surface area contributed by atoms with E-state index in [9.17, 15) is 4.79 Å². The van der Waals surface area contributed by atoms with Crippen molar-refractivity contribution in [1.82, 2.24) is 0 Å². The molecule has 0 saturated heterocycles. The van der Waals surface area contributed by atoms with Crippen LogP contribution in [0.1, 0.15) is 18.9 Å². The number of rotatable bonds is 5. The molecule has 0 heterocycles. The van der Waals surface area contributed by atoms with Crippen molar-refractivity contribution in [3.05, 3.63) is 41.5 Å². The van der Waals surface area contributed by atoms with E-state index in [1.165, 1.54) is 6.04 Å². The highest BCUT2D eigenvalue weighted by Crippen LogP contribution is 2.19. The molecule has 1 aromatic rings. The van der Waals surface area contributed by atoms with Crippen LogP contribution >= 0.6 is 0 Å². The Morgan fingerprint density at radius 3 is 2.24 bits per heavy atom. The molecule has 0 aliphatic rings. The normalized spacial score (nSPS) is 12.6. The summed E-state index contributed by atoms with van der Waals surface area (Å²) in [6.45, 7) is 8.69. The molecular formula is C15H22OSi. The topological polar surface area (TPSA) is 17.1 Å². The summed E-state index contributed by atoms with van der Waals surface area (Å²) in [5.74, 6) is 0.201. The maximum atomic E-state index is 11.6. The van der Waals surface area contributed by atoms with E-state index < -0.39 is 8.07 Å². The molecule has 0 bridgehead atoms. The van der Waals surface area contributed by atoms with Crippen LogP contribution in [0.25, 0.3) is 6.08 Å². The van der Waals surface area contributed by atoms with Crippen molar-refractivity contribution in [3.8, 4) is 0 Å². The zero-order valence-corrected chi connectivity index (χ0v) is 12.3. The van der Waals surface area contributed by atoms with Gasteiger partial charge in [-0.05, 0) is 30.6 Å². The van der Waals surface area contributed by atoms with Gasteiger partial charge in [0.05, 0.1) is 0 Å². The van der Waals surface area contributed by atoms with Crippen LogP contribution in [0.3, 0.4) is 0 Å². The minimum Gasteiger partial charge on any atom is -0.295 e. The Hall–Kier alpha value is -1.15. The van der Waals surface area contributed by atoms with Gasteiger partial charge in [0, 0.05) is 8.07 Å². The first kappa shape index (κ1) is 13.9. The van der Waals surface area contributed by atoms with E-state index in [0.717, 1.165) is 17.6 Å². The molecule has 0 aliphatic heterocycles. The molecule has 0 fully saturated rings. The molecule has 0 radical (unpaired) electrons. The van der Waals surface area contributed by atoms with Gasteiger partial charge in [-0.1, -0.05) is 56.0 Å². The first-order valence-corrected chi connectivity index (χ1v) is 9.86. The molecule has 0 amide bonds. The highest BCUT2D eigenvalue weighted by Gasteiger charge is 2.15. The number of hydrogen-bond donors (Lipinski definition) is 0. The van der Waals surface area contributed by atoms with Gasteiger partial charge < -0.3 is 0 Å². The molecular weight excluding hydrogens is 224 g/mol. The summed E-state index contributed by atoms with van der Waals surface area (Å²) in [6.07, 6.45) is 2.95. The fraction of sp³-hybridized carbons (Fsp3) is 0.400. The van der Waals surface area contributed by atoms with Gasteiger partial charge in [-0.2, -0.15) is 0 Å². The molecule has 0 saturated carbocycles. The molecule has 17 heavy (non-hydrogen) atoms. The van der Waals surface area contributed by atoms with E-state index in [2.05, 4.69) is 19.6 Å². The number of carbonyl (C=O) groups excluding carboxylic acids is 1. The Balaban J connectivity index is 2.80. The number of carbonyl (C=O) groups is 1. The van der Waals surface area contributed by atoms with Crippen molar-refractivity contribution in [2.45, 2.75) is 39.0 Å². The van der Waals surface area contributed by atoms with Crippen molar-refractivity contribution >= 4 is 19.9 Å². The SMILES string of the molecule is CC(=O)/C(=C\c1ccccc1)CC[Si](C)(C)C. The number of Topliss-reactive ketones (excluding diaryl/α,β-unsaturated/α-hetero) is 1. The predicted octanol–water partition coefficient (Wildman–Crippen LogP) is 4.39. The highest BCUT2D eigenvalue weighted by atomic mass is 28.3. The van der Waals surface area contributed by atoms with Gasteiger partial charge in [-0.3, -0.25) is 4.79 Å². The Kier molecular flexibility index (Phi) is 4.88. The monoisotopic (exact) mass is 246 g/mol. The van der Waals surface area contributed by atoms with Gasteiger partial charge in [0.2, 0.25) is 0 Å². The lowest BCUT2D eigenvalue weighted by Gasteiger charge is -2.16. The molecule has 0 N–H and O–H groups in total. The van der Waals surface area contributed by atoms with E-state index in [0.29, 0.717) is 0 Å². The lowest BCUT2D eigenvalue weighted by Crippen LogP contribution is -2.19. The average molecular weight is 246 g/mol. The molecule has 0 unspecified atom stereocenters.